The predicted octanol–water partition coefficient (Wildman–Crippen LogP) is 0.545. The van der Waals surface area contributed by atoms with Crippen LogP contribution in [-0.2, 0) is 24.8 Å². The Morgan fingerprint density at radius 2 is 2.43 bits per heavy atom. The van der Waals surface area contributed by atoms with Crippen molar-refractivity contribution in [1.29, 1.82) is 0 Å². The molecule has 1 amide bonds. The maximum Gasteiger partial charge on any atom is 0.409 e. The van der Waals surface area contributed by atoms with Crippen LogP contribution >= 0.6 is 0 Å². The van der Waals surface area contributed by atoms with E-state index in [1.807, 2.05) is 11.6 Å². The lowest BCUT2D eigenvalue weighted by Crippen LogP contribution is -2.36. The molecule has 0 aliphatic carbocycles. The number of aromatic nitrogens is 2. The van der Waals surface area contributed by atoms with Crippen molar-refractivity contribution < 1.29 is 9.53 Å². The zero-order valence-electron chi connectivity index (χ0n) is 8.36. The number of aryl methyl sites for hydroxylation is 1. The monoisotopic (exact) mass is 195 g/mol. The summed E-state index contributed by atoms with van der Waals surface area (Å²) < 4.78 is 6.67. The molecule has 0 saturated carbocycles. The molecule has 0 unspecified atom stereocenters. The van der Waals surface area contributed by atoms with Gasteiger partial charge in [0.1, 0.15) is 0 Å². The lowest BCUT2D eigenvalue weighted by Gasteiger charge is -2.25. The van der Waals surface area contributed by atoms with Gasteiger partial charge in [0, 0.05) is 25.7 Å². The number of carbonyl (C=O) groups excluding carboxylic acids is 1. The SMILES string of the molecule is COC(=O)N1CCc2c(ncn2C)C1. The van der Waals surface area contributed by atoms with E-state index in [2.05, 4.69) is 9.72 Å². The largest absolute Gasteiger partial charge is 0.453 e. The van der Waals surface area contributed by atoms with Gasteiger partial charge in [0.15, 0.2) is 0 Å². The standard InChI is InChI=1S/C9H13N3O2/c1-11-6-10-7-5-12(9(13)14-2)4-3-8(7)11/h6H,3-5H2,1-2H3. The summed E-state index contributed by atoms with van der Waals surface area (Å²) in [6, 6.07) is 0. The lowest BCUT2D eigenvalue weighted by molar-refractivity contribution is 0.117. The van der Waals surface area contributed by atoms with E-state index in [9.17, 15) is 4.79 Å². The average Bonchev–Trinajstić information content (AvgIpc) is 2.59. The molecule has 0 aromatic carbocycles. The number of ether oxygens (including phenoxy) is 1. The minimum absolute atomic E-state index is 0.277. The summed E-state index contributed by atoms with van der Waals surface area (Å²) in [6.45, 7) is 1.27. The van der Waals surface area contributed by atoms with E-state index < -0.39 is 0 Å². The fraction of sp³-hybridized carbons (Fsp3) is 0.556. The van der Waals surface area contributed by atoms with E-state index in [0.717, 1.165) is 12.1 Å². The highest BCUT2D eigenvalue weighted by atomic mass is 16.5. The molecule has 1 aromatic rings. The van der Waals surface area contributed by atoms with Crippen LogP contribution in [0.4, 0.5) is 4.79 Å². The van der Waals surface area contributed by atoms with Gasteiger partial charge in [-0.05, 0) is 0 Å². The molecule has 5 nitrogen and oxygen atoms in total. The summed E-state index contributed by atoms with van der Waals surface area (Å²) in [6.07, 6.45) is 2.35. The first-order chi connectivity index (χ1) is 6.72. The predicted molar refractivity (Wildman–Crippen MR) is 49.7 cm³/mol. The Kier molecular flexibility index (Phi) is 2.15. The second kappa shape index (κ2) is 3.32. The second-order valence-corrected chi connectivity index (χ2v) is 3.39. The molecule has 2 rings (SSSR count). The summed E-state index contributed by atoms with van der Waals surface area (Å²) in [4.78, 5) is 17.2. The molecule has 0 atom stereocenters. The second-order valence-electron chi connectivity index (χ2n) is 3.39. The van der Waals surface area contributed by atoms with Crippen LogP contribution in [0, 0.1) is 0 Å². The van der Waals surface area contributed by atoms with Crippen LogP contribution in [0.5, 0.6) is 0 Å². The maximum absolute atomic E-state index is 11.3. The lowest BCUT2D eigenvalue weighted by atomic mass is 10.1. The van der Waals surface area contributed by atoms with Crippen LogP contribution in [0.1, 0.15) is 11.4 Å². The minimum atomic E-state index is -0.277. The van der Waals surface area contributed by atoms with Gasteiger partial charge in [0.2, 0.25) is 0 Å². The number of fused-ring (bicyclic) bond motifs is 1. The Hall–Kier alpha value is -1.52. The van der Waals surface area contributed by atoms with Crippen molar-refractivity contribution in [1.82, 2.24) is 14.5 Å². The third kappa shape index (κ3) is 1.34. The third-order valence-electron chi connectivity index (χ3n) is 2.54. The molecule has 0 fully saturated rings. The smallest absolute Gasteiger partial charge is 0.409 e. The van der Waals surface area contributed by atoms with E-state index in [1.165, 1.54) is 12.8 Å². The van der Waals surface area contributed by atoms with Crippen molar-refractivity contribution in [3.05, 3.63) is 17.7 Å². The van der Waals surface area contributed by atoms with Crippen LogP contribution in [-0.4, -0.2) is 34.2 Å². The maximum atomic E-state index is 11.3. The van der Waals surface area contributed by atoms with Crippen LogP contribution in [0.3, 0.4) is 0 Å². The summed E-state index contributed by atoms with van der Waals surface area (Å²) in [5.41, 5.74) is 2.19. The highest BCUT2D eigenvalue weighted by Crippen LogP contribution is 2.16. The molecular weight excluding hydrogens is 182 g/mol. The van der Waals surface area contributed by atoms with Gasteiger partial charge in [-0.2, -0.15) is 0 Å². The molecule has 2 heterocycles. The number of amides is 1. The molecular formula is C9H13N3O2. The third-order valence-corrected chi connectivity index (χ3v) is 2.54. The molecule has 0 radical (unpaired) electrons. The van der Waals surface area contributed by atoms with Crippen molar-refractivity contribution in [3.63, 3.8) is 0 Å². The van der Waals surface area contributed by atoms with Crippen molar-refractivity contribution in [3.8, 4) is 0 Å². The highest BCUT2D eigenvalue weighted by Gasteiger charge is 2.23. The Bertz CT molecular complexity index is 359. The molecule has 14 heavy (non-hydrogen) atoms. The fourth-order valence-electron chi connectivity index (χ4n) is 1.74. The van der Waals surface area contributed by atoms with E-state index in [-0.39, 0.29) is 6.09 Å². The van der Waals surface area contributed by atoms with Crippen LogP contribution < -0.4 is 0 Å². The van der Waals surface area contributed by atoms with E-state index >= 15 is 0 Å². The number of rotatable bonds is 0. The summed E-state index contributed by atoms with van der Waals surface area (Å²) in [7, 11) is 3.37. The number of methoxy groups -OCH3 is 1. The Labute approximate surface area is 82.3 Å². The average molecular weight is 195 g/mol. The summed E-state index contributed by atoms with van der Waals surface area (Å²) in [5.74, 6) is 0. The number of imidazole rings is 1. The topological polar surface area (TPSA) is 47.4 Å². The Balaban J connectivity index is 2.18. The fourth-order valence-corrected chi connectivity index (χ4v) is 1.74. The van der Waals surface area contributed by atoms with Gasteiger partial charge >= 0.3 is 6.09 Å². The van der Waals surface area contributed by atoms with Gasteiger partial charge in [-0.25, -0.2) is 9.78 Å². The van der Waals surface area contributed by atoms with E-state index in [1.54, 1.807) is 11.2 Å². The van der Waals surface area contributed by atoms with Gasteiger partial charge < -0.3 is 14.2 Å². The zero-order chi connectivity index (χ0) is 10.1. The normalized spacial score (nSPS) is 15.1. The summed E-state index contributed by atoms with van der Waals surface area (Å²) >= 11 is 0. The van der Waals surface area contributed by atoms with E-state index in [4.69, 9.17) is 0 Å². The number of hydrogen-bond donors (Lipinski definition) is 0. The number of hydrogen-bond acceptors (Lipinski definition) is 3. The first-order valence-corrected chi connectivity index (χ1v) is 4.54. The van der Waals surface area contributed by atoms with Gasteiger partial charge in [-0.1, -0.05) is 0 Å². The van der Waals surface area contributed by atoms with Crippen molar-refractivity contribution in [2.45, 2.75) is 13.0 Å². The quantitative estimate of drug-likeness (QED) is 0.607. The molecule has 76 valence electrons. The van der Waals surface area contributed by atoms with Gasteiger partial charge in [-0.15, -0.1) is 0 Å². The minimum Gasteiger partial charge on any atom is -0.453 e. The molecule has 0 bridgehead atoms. The van der Waals surface area contributed by atoms with Gasteiger partial charge in [-0.3, -0.25) is 0 Å². The first-order valence-electron chi connectivity index (χ1n) is 4.54. The van der Waals surface area contributed by atoms with Crippen LogP contribution in [0.25, 0.3) is 0 Å². The van der Waals surface area contributed by atoms with Gasteiger partial charge in [0.25, 0.3) is 0 Å². The molecule has 0 saturated heterocycles. The Morgan fingerprint density at radius 1 is 1.64 bits per heavy atom. The molecule has 5 heteroatoms. The van der Waals surface area contributed by atoms with E-state index in [0.29, 0.717) is 13.1 Å². The summed E-state index contributed by atoms with van der Waals surface area (Å²) in [5, 5.41) is 0. The zero-order valence-corrected chi connectivity index (χ0v) is 8.36. The number of nitrogens with zero attached hydrogens (tertiary/aromatic N) is 3. The number of carbonyl (C=O) groups is 1. The molecule has 0 spiro atoms. The van der Waals surface area contributed by atoms with Crippen LogP contribution in [0.15, 0.2) is 6.33 Å². The van der Waals surface area contributed by atoms with Crippen molar-refractivity contribution in [2.24, 2.45) is 7.05 Å². The highest BCUT2D eigenvalue weighted by molar-refractivity contribution is 5.67. The van der Waals surface area contributed by atoms with Crippen molar-refractivity contribution in [2.75, 3.05) is 13.7 Å². The molecule has 0 N–H and O–H groups in total. The van der Waals surface area contributed by atoms with Gasteiger partial charge in [0.05, 0.1) is 25.7 Å². The molecule has 1 aliphatic rings. The Morgan fingerprint density at radius 3 is 3.14 bits per heavy atom. The first kappa shape index (κ1) is 9.05. The van der Waals surface area contributed by atoms with Crippen LogP contribution in [0.2, 0.25) is 0 Å². The molecule has 1 aliphatic heterocycles. The van der Waals surface area contributed by atoms with Crippen molar-refractivity contribution >= 4 is 6.09 Å². The molecule has 1 aromatic heterocycles.